The molecule has 0 aliphatic heterocycles. The highest BCUT2D eigenvalue weighted by molar-refractivity contribution is 14.1. The van der Waals surface area contributed by atoms with Crippen LogP contribution in [0.1, 0.15) is 21.5 Å². The Hall–Kier alpha value is -2.20. The van der Waals surface area contributed by atoms with E-state index in [1.54, 1.807) is 36.4 Å². The third-order valence-corrected chi connectivity index (χ3v) is 3.25. The molecule has 1 amide bonds. The number of nitriles is 1. The first-order valence-corrected chi connectivity index (χ1v) is 6.86. The van der Waals surface area contributed by atoms with Gasteiger partial charge in [-0.1, -0.05) is 12.1 Å². The zero-order valence-electron chi connectivity index (χ0n) is 10.4. The number of nitrogens with one attached hydrogen (secondary N) is 1. The largest absolute Gasteiger partial charge is 0.271 e. The van der Waals surface area contributed by atoms with Gasteiger partial charge in [-0.25, -0.2) is 5.43 Å². The summed E-state index contributed by atoms with van der Waals surface area (Å²) < 4.78 is 1.07. The molecule has 0 unspecified atom stereocenters. The Morgan fingerprint density at radius 2 is 1.80 bits per heavy atom. The summed E-state index contributed by atoms with van der Waals surface area (Å²) in [4.78, 5) is 11.8. The predicted octanol–water partition coefficient (Wildman–Crippen LogP) is 2.93. The number of hydrogen-bond acceptors (Lipinski definition) is 3. The van der Waals surface area contributed by atoms with E-state index in [0.29, 0.717) is 11.1 Å². The highest BCUT2D eigenvalue weighted by Crippen LogP contribution is 2.06. The number of hydrogen-bond donors (Lipinski definition) is 1. The fourth-order valence-electron chi connectivity index (χ4n) is 1.47. The topological polar surface area (TPSA) is 65.2 Å². The van der Waals surface area contributed by atoms with Crippen LogP contribution in [0.15, 0.2) is 53.6 Å². The molecule has 1 N–H and O–H groups in total. The van der Waals surface area contributed by atoms with Gasteiger partial charge in [0.25, 0.3) is 5.91 Å². The number of rotatable bonds is 3. The number of amides is 1. The third-order valence-electron chi connectivity index (χ3n) is 2.53. The molecule has 0 saturated heterocycles. The van der Waals surface area contributed by atoms with Crippen molar-refractivity contribution in [3.05, 3.63) is 68.8 Å². The molecule has 0 bridgehead atoms. The molecule has 0 atom stereocenters. The lowest BCUT2D eigenvalue weighted by Gasteiger charge is -1.99. The van der Waals surface area contributed by atoms with E-state index in [4.69, 9.17) is 5.26 Å². The second kappa shape index (κ2) is 6.82. The van der Waals surface area contributed by atoms with E-state index in [-0.39, 0.29) is 5.91 Å². The van der Waals surface area contributed by atoms with Gasteiger partial charge in [-0.3, -0.25) is 4.79 Å². The van der Waals surface area contributed by atoms with Crippen molar-refractivity contribution in [1.82, 2.24) is 5.43 Å². The molecule has 98 valence electrons. The number of halogens is 1. The molecule has 0 aromatic heterocycles. The normalized spacial score (nSPS) is 10.2. The van der Waals surface area contributed by atoms with Crippen molar-refractivity contribution in [2.24, 2.45) is 5.10 Å². The van der Waals surface area contributed by atoms with E-state index in [1.807, 2.05) is 18.2 Å². The van der Waals surface area contributed by atoms with Gasteiger partial charge < -0.3 is 0 Å². The molecular weight excluding hydrogens is 365 g/mol. The molecule has 0 radical (unpaired) electrons. The lowest BCUT2D eigenvalue weighted by Crippen LogP contribution is -2.17. The highest BCUT2D eigenvalue weighted by Gasteiger charge is 2.02. The van der Waals surface area contributed by atoms with Crippen LogP contribution in [0.2, 0.25) is 0 Å². The van der Waals surface area contributed by atoms with Gasteiger partial charge in [-0.2, -0.15) is 10.4 Å². The van der Waals surface area contributed by atoms with E-state index in [2.05, 4.69) is 33.1 Å². The van der Waals surface area contributed by atoms with Gasteiger partial charge >= 0.3 is 0 Å². The number of hydrazone groups is 1. The maximum absolute atomic E-state index is 11.8. The summed E-state index contributed by atoms with van der Waals surface area (Å²) in [5.74, 6) is -0.258. The summed E-state index contributed by atoms with van der Waals surface area (Å²) in [5, 5.41) is 12.6. The molecule has 2 aromatic rings. The molecule has 0 fully saturated rings. The number of benzene rings is 2. The fraction of sp³-hybridized carbons (Fsp3) is 0. The van der Waals surface area contributed by atoms with Crippen LogP contribution in [0.4, 0.5) is 0 Å². The minimum Gasteiger partial charge on any atom is -0.267 e. The summed E-state index contributed by atoms with van der Waals surface area (Å²) in [7, 11) is 0. The summed E-state index contributed by atoms with van der Waals surface area (Å²) in [6, 6.07) is 16.2. The predicted molar refractivity (Wildman–Crippen MR) is 85.4 cm³/mol. The van der Waals surface area contributed by atoms with E-state index in [0.717, 1.165) is 9.13 Å². The quantitative estimate of drug-likeness (QED) is 0.509. The van der Waals surface area contributed by atoms with E-state index in [1.165, 1.54) is 6.21 Å². The van der Waals surface area contributed by atoms with Crippen molar-refractivity contribution in [2.45, 2.75) is 0 Å². The lowest BCUT2D eigenvalue weighted by atomic mass is 10.2. The zero-order chi connectivity index (χ0) is 14.4. The fourth-order valence-corrected chi connectivity index (χ4v) is 1.83. The van der Waals surface area contributed by atoms with Crippen LogP contribution in [0.5, 0.6) is 0 Å². The third kappa shape index (κ3) is 3.90. The summed E-state index contributed by atoms with van der Waals surface area (Å²) >= 11 is 2.18. The molecule has 0 spiro atoms. The van der Waals surface area contributed by atoms with Gasteiger partial charge in [0, 0.05) is 9.13 Å². The number of carbonyl (C=O) groups excluding carboxylic acids is 1. The molecule has 0 aliphatic rings. The first-order chi connectivity index (χ1) is 9.69. The van der Waals surface area contributed by atoms with E-state index < -0.39 is 0 Å². The zero-order valence-corrected chi connectivity index (χ0v) is 12.5. The molecular formula is C15H10IN3O. The van der Waals surface area contributed by atoms with Crippen LogP contribution >= 0.6 is 22.6 Å². The molecule has 5 heteroatoms. The Balaban J connectivity index is 1.97. The van der Waals surface area contributed by atoms with Crippen LogP contribution in [0.3, 0.4) is 0 Å². The molecule has 0 heterocycles. The van der Waals surface area contributed by atoms with E-state index >= 15 is 0 Å². The minimum absolute atomic E-state index is 0.258. The standard InChI is InChI=1S/C15H10IN3O/c16-14-7-5-13(6-8-14)15(20)19-18-10-12-3-1-11(9-17)2-4-12/h1-8,10H,(H,19,20)/b18-10-. The van der Waals surface area contributed by atoms with Gasteiger partial charge in [0.15, 0.2) is 0 Å². The highest BCUT2D eigenvalue weighted by atomic mass is 127. The van der Waals surface area contributed by atoms with E-state index in [9.17, 15) is 4.79 Å². The van der Waals surface area contributed by atoms with Crippen LogP contribution in [-0.4, -0.2) is 12.1 Å². The molecule has 2 rings (SSSR count). The Morgan fingerprint density at radius 3 is 2.40 bits per heavy atom. The van der Waals surface area contributed by atoms with Crippen molar-refractivity contribution in [2.75, 3.05) is 0 Å². The average Bonchev–Trinajstić information content (AvgIpc) is 2.48. The van der Waals surface area contributed by atoms with Gasteiger partial charge in [0.2, 0.25) is 0 Å². The van der Waals surface area contributed by atoms with Crippen molar-refractivity contribution in [1.29, 1.82) is 5.26 Å². The van der Waals surface area contributed by atoms with Gasteiger partial charge in [-0.15, -0.1) is 0 Å². The number of nitrogens with zero attached hydrogens (tertiary/aromatic N) is 2. The summed E-state index contributed by atoms with van der Waals surface area (Å²) in [5.41, 5.74) is 4.42. The first-order valence-electron chi connectivity index (χ1n) is 5.78. The Labute approximate surface area is 130 Å². The SMILES string of the molecule is N#Cc1ccc(/C=N\NC(=O)c2ccc(I)cc2)cc1. The second-order valence-electron chi connectivity index (χ2n) is 3.94. The Bertz CT molecular complexity index is 670. The average molecular weight is 375 g/mol. The van der Waals surface area contributed by atoms with Crippen LogP contribution in [-0.2, 0) is 0 Å². The number of carbonyl (C=O) groups is 1. The second-order valence-corrected chi connectivity index (χ2v) is 5.19. The monoisotopic (exact) mass is 375 g/mol. The van der Waals surface area contributed by atoms with Crippen molar-refractivity contribution in [3.8, 4) is 6.07 Å². The molecule has 20 heavy (non-hydrogen) atoms. The van der Waals surface area contributed by atoms with Gasteiger partial charge in [0.1, 0.15) is 0 Å². The molecule has 0 saturated carbocycles. The van der Waals surface area contributed by atoms with Crippen LogP contribution < -0.4 is 5.43 Å². The van der Waals surface area contributed by atoms with Crippen molar-refractivity contribution >= 4 is 34.7 Å². The smallest absolute Gasteiger partial charge is 0.267 e. The Kier molecular flexibility index (Phi) is 4.85. The maximum atomic E-state index is 11.8. The lowest BCUT2D eigenvalue weighted by molar-refractivity contribution is 0.0955. The van der Waals surface area contributed by atoms with Crippen LogP contribution in [0, 0.1) is 14.9 Å². The summed E-state index contributed by atoms with van der Waals surface area (Å²) in [6.45, 7) is 0. The maximum Gasteiger partial charge on any atom is 0.271 e. The van der Waals surface area contributed by atoms with Crippen LogP contribution in [0.25, 0.3) is 0 Å². The van der Waals surface area contributed by atoms with Crippen molar-refractivity contribution < 1.29 is 4.79 Å². The molecule has 2 aromatic carbocycles. The van der Waals surface area contributed by atoms with Gasteiger partial charge in [-0.05, 0) is 64.6 Å². The van der Waals surface area contributed by atoms with Crippen molar-refractivity contribution in [3.63, 3.8) is 0 Å². The summed E-state index contributed by atoms with van der Waals surface area (Å²) in [6.07, 6.45) is 1.53. The first kappa shape index (κ1) is 14.2. The molecule has 0 aliphatic carbocycles. The molecule has 4 nitrogen and oxygen atoms in total. The minimum atomic E-state index is -0.258. The Morgan fingerprint density at radius 1 is 1.15 bits per heavy atom. The van der Waals surface area contributed by atoms with Gasteiger partial charge in [0.05, 0.1) is 17.8 Å².